The molecular formula is C26H48O8Ti. The fourth-order valence-corrected chi connectivity index (χ4v) is 3.88. The zero-order chi connectivity index (χ0) is 27.5. The fourth-order valence-electron chi connectivity index (χ4n) is 2.85. The summed E-state index contributed by atoms with van der Waals surface area (Å²) in [5, 5.41) is 20.9. The van der Waals surface area contributed by atoms with Crippen LogP contribution in [0.5, 0.6) is 0 Å². The molecule has 0 saturated heterocycles. The van der Waals surface area contributed by atoms with Crippen molar-refractivity contribution in [3.05, 3.63) is 0 Å². The van der Waals surface area contributed by atoms with Gasteiger partial charge in [-0.15, -0.1) is 0 Å². The summed E-state index contributed by atoms with van der Waals surface area (Å²) in [5.74, 6) is -4.84. The van der Waals surface area contributed by atoms with Crippen LogP contribution < -0.4 is 10.2 Å². The third kappa shape index (κ3) is 29.0. The first-order valence-electron chi connectivity index (χ1n) is 13.0. The monoisotopic (exact) mass is 536 g/mol. The Morgan fingerprint density at radius 2 is 0.943 bits per heavy atom. The van der Waals surface area contributed by atoms with Crippen molar-refractivity contribution in [3.63, 3.8) is 0 Å². The van der Waals surface area contributed by atoms with Gasteiger partial charge in [-0.05, 0) is 26.7 Å². The molecule has 35 heavy (non-hydrogen) atoms. The molecule has 0 aromatic carbocycles. The molecule has 204 valence electrons. The molecule has 2 unspecified atom stereocenters. The minimum atomic E-state index is -1.23. The van der Waals surface area contributed by atoms with E-state index in [1.165, 1.54) is 13.8 Å². The van der Waals surface area contributed by atoms with Gasteiger partial charge in [-0.2, -0.15) is 0 Å². The van der Waals surface area contributed by atoms with Gasteiger partial charge in [0.2, 0.25) is 0 Å². The van der Waals surface area contributed by atoms with Gasteiger partial charge in [0.25, 0.3) is 0 Å². The van der Waals surface area contributed by atoms with Gasteiger partial charge < -0.3 is 19.8 Å². The summed E-state index contributed by atoms with van der Waals surface area (Å²) in [6, 6.07) is 0. The van der Waals surface area contributed by atoms with Crippen LogP contribution in [-0.2, 0) is 45.7 Å². The van der Waals surface area contributed by atoms with E-state index < -0.39 is 43.7 Å². The number of unbranched alkanes of at least 4 members (excludes halogenated alkanes) is 6. The topological polar surface area (TPSA) is 133 Å². The number of hydrogen-bond donors (Lipinski definition) is 0. The van der Waals surface area contributed by atoms with Gasteiger partial charge >= 0.3 is 66.5 Å². The third-order valence-corrected chi connectivity index (χ3v) is 5.98. The van der Waals surface area contributed by atoms with Gasteiger partial charge in [0.1, 0.15) is 11.6 Å². The zero-order valence-corrected chi connectivity index (χ0v) is 24.4. The Bertz CT molecular complexity index is 465. The van der Waals surface area contributed by atoms with E-state index in [4.69, 9.17) is 6.64 Å². The number of rotatable bonds is 20. The number of hydrogen-bond acceptors (Lipinski definition) is 8. The van der Waals surface area contributed by atoms with Crippen LogP contribution in [0, 0.1) is 11.8 Å². The molecular weight excluding hydrogens is 488 g/mol. The van der Waals surface area contributed by atoms with E-state index in [0.29, 0.717) is 12.8 Å². The Balaban J connectivity index is -0.000000448. The molecule has 8 nitrogen and oxygen atoms in total. The van der Waals surface area contributed by atoms with Gasteiger partial charge in [0.05, 0.1) is 23.8 Å². The van der Waals surface area contributed by atoms with Gasteiger partial charge in [-0.25, -0.2) is 0 Å². The summed E-state index contributed by atoms with van der Waals surface area (Å²) in [7, 11) is 0. The average Bonchev–Trinajstić information content (AvgIpc) is 2.79. The molecule has 0 radical (unpaired) electrons. The number of carbonyl (C=O) groups is 4. The SMILES string of the molecule is CCCCCCC(C(C)=O)C(=O)[O-].CCCCCCC(C(C)=O)C(=O)[O-].CCC[O][Ti+2][O]CCC. The first kappa shape index (κ1) is 38.4. The van der Waals surface area contributed by atoms with Crippen molar-refractivity contribution in [3.8, 4) is 0 Å². The minimum absolute atomic E-state index is 0.295. The van der Waals surface area contributed by atoms with Crippen molar-refractivity contribution >= 4 is 23.5 Å². The van der Waals surface area contributed by atoms with Crippen LogP contribution >= 0.6 is 0 Å². The Kier molecular flexibility index (Phi) is 32.0. The molecule has 2 atom stereocenters. The van der Waals surface area contributed by atoms with Gasteiger partial charge in [0, 0.05) is 0 Å². The van der Waals surface area contributed by atoms with Crippen molar-refractivity contribution in [2.24, 2.45) is 11.8 Å². The normalized spacial score (nSPS) is 11.6. The summed E-state index contributed by atoms with van der Waals surface area (Å²) >= 11 is -0.504. The molecule has 0 aliphatic heterocycles. The zero-order valence-electron chi connectivity index (χ0n) is 22.8. The van der Waals surface area contributed by atoms with Crippen molar-refractivity contribution in [2.75, 3.05) is 13.2 Å². The van der Waals surface area contributed by atoms with Crippen LogP contribution in [0.1, 0.15) is 119 Å². The predicted molar refractivity (Wildman–Crippen MR) is 128 cm³/mol. The maximum atomic E-state index is 10.8. The standard InChI is InChI=1S/2C10H18O3.2C3H7O.Ti/c2*1-3-4-5-6-7-9(8(2)11)10(12)13;2*1-2-3-4;/h2*9H,3-7H2,1-2H3,(H,12,13);2*2-3H2,1H3;/q;;2*-1;+4/p-2. The first-order chi connectivity index (χ1) is 16.6. The molecule has 0 aromatic heterocycles. The van der Waals surface area contributed by atoms with Crippen molar-refractivity contribution < 1.29 is 56.0 Å². The molecule has 0 bridgehead atoms. The molecule has 0 spiro atoms. The van der Waals surface area contributed by atoms with Gasteiger partial charge in [-0.1, -0.05) is 65.2 Å². The maximum absolute atomic E-state index is 10.8. The van der Waals surface area contributed by atoms with Crippen molar-refractivity contribution in [1.82, 2.24) is 0 Å². The Hall–Kier alpha value is -1.09. The molecule has 0 N–H and O–H groups in total. The van der Waals surface area contributed by atoms with Crippen LogP contribution in [0.25, 0.3) is 0 Å². The predicted octanol–water partition coefficient (Wildman–Crippen LogP) is 3.58. The average molecular weight is 537 g/mol. The van der Waals surface area contributed by atoms with Crippen LogP contribution in [0.2, 0.25) is 0 Å². The summed E-state index contributed by atoms with van der Waals surface area (Å²) in [5.41, 5.74) is 0. The van der Waals surface area contributed by atoms with E-state index in [1.54, 1.807) is 0 Å². The summed E-state index contributed by atoms with van der Waals surface area (Å²) in [6.07, 6.45) is 11.0. The Morgan fingerprint density at radius 1 is 0.600 bits per heavy atom. The fraction of sp³-hybridized carbons (Fsp3) is 0.846. The van der Waals surface area contributed by atoms with E-state index in [1.807, 2.05) is 0 Å². The summed E-state index contributed by atoms with van der Waals surface area (Å²) in [6.45, 7) is 12.7. The molecule has 0 aliphatic carbocycles. The number of carbonyl (C=O) groups excluding carboxylic acids is 4. The molecule has 0 aliphatic rings. The quantitative estimate of drug-likeness (QED) is 0.131. The van der Waals surface area contributed by atoms with Crippen LogP contribution in [0.3, 0.4) is 0 Å². The second-order valence-corrected chi connectivity index (χ2v) is 9.61. The molecule has 0 fully saturated rings. The Labute approximate surface area is 222 Å². The third-order valence-electron chi connectivity index (χ3n) is 4.97. The first-order valence-corrected chi connectivity index (χ1v) is 14.3. The summed E-state index contributed by atoms with van der Waals surface area (Å²) in [4.78, 5) is 42.6. The number of carboxylic acid groups (broad SMARTS) is 2. The molecule has 0 amide bonds. The van der Waals surface area contributed by atoms with E-state index >= 15 is 0 Å². The molecule has 0 heterocycles. The molecule has 0 rings (SSSR count). The van der Waals surface area contributed by atoms with E-state index in [0.717, 1.165) is 77.4 Å². The number of carboxylic acids is 2. The van der Waals surface area contributed by atoms with E-state index in [2.05, 4.69) is 27.7 Å². The molecule has 0 saturated carbocycles. The van der Waals surface area contributed by atoms with E-state index in [9.17, 15) is 29.4 Å². The summed E-state index contributed by atoms with van der Waals surface area (Å²) < 4.78 is 10.4. The van der Waals surface area contributed by atoms with Gasteiger partial charge in [0.15, 0.2) is 0 Å². The second kappa shape index (κ2) is 29.1. The van der Waals surface area contributed by atoms with Crippen LogP contribution in [-0.4, -0.2) is 36.7 Å². The number of Topliss-reactive ketones (excluding diaryl/α,β-unsaturated/α-hetero) is 2. The van der Waals surface area contributed by atoms with Crippen LogP contribution in [0.15, 0.2) is 0 Å². The second-order valence-electron chi connectivity index (χ2n) is 8.44. The molecule has 9 heteroatoms. The van der Waals surface area contributed by atoms with Crippen molar-refractivity contribution in [1.29, 1.82) is 0 Å². The Morgan fingerprint density at radius 3 is 1.17 bits per heavy atom. The molecule has 0 aromatic rings. The van der Waals surface area contributed by atoms with Crippen LogP contribution in [0.4, 0.5) is 0 Å². The van der Waals surface area contributed by atoms with Crippen molar-refractivity contribution in [2.45, 2.75) is 119 Å². The number of aliphatic carboxylic acids is 2. The van der Waals surface area contributed by atoms with E-state index in [-0.39, 0.29) is 11.6 Å². The van der Waals surface area contributed by atoms with Gasteiger partial charge in [-0.3, -0.25) is 9.59 Å². The number of ketones is 2.